The number of ether oxygens (including phenoxy) is 1. The van der Waals surface area contributed by atoms with Gasteiger partial charge in [-0.3, -0.25) is 9.59 Å². The predicted octanol–water partition coefficient (Wildman–Crippen LogP) is 4.46. The third-order valence-electron chi connectivity index (χ3n) is 5.38. The first-order valence-corrected chi connectivity index (χ1v) is 11.8. The summed E-state index contributed by atoms with van der Waals surface area (Å²) in [6.07, 6.45) is 0.739. The Hall–Kier alpha value is -2.64. The van der Waals surface area contributed by atoms with Gasteiger partial charge in [-0.05, 0) is 75.1 Å². The maximum atomic E-state index is 13.0. The van der Waals surface area contributed by atoms with Crippen LogP contribution in [0.3, 0.4) is 0 Å². The van der Waals surface area contributed by atoms with Crippen LogP contribution in [-0.2, 0) is 9.59 Å². The van der Waals surface area contributed by atoms with Crippen molar-refractivity contribution in [2.24, 2.45) is 5.92 Å². The maximum absolute atomic E-state index is 13.0. The molecule has 7 heteroatoms. The van der Waals surface area contributed by atoms with Crippen molar-refractivity contribution in [3.8, 4) is 5.75 Å². The minimum absolute atomic E-state index is 0.143. The number of rotatable bonds is 9. The molecule has 1 saturated heterocycles. The monoisotopic (exact) mass is 456 g/mol. The lowest BCUT2D eigenvalue weighted by Gasteiger charge is -2.24. The van der Waals surface area contributed by atoms with Crippen molar-refractivity contribution >= 4 is 28.8 Å². The molecule has 0 radical (unpaired) electrons. The third kappa shape index (κ3) is 5.22. The van der Waals surface area contributed by atoms with Crippen molar-refractivity contribution in [1.82, 2.24) is 9.80 Å². The first kappa shape index (κ1) is 24.0. The summed E-state index contributed by atoms with van der Waals surface area (Å²) in [5, 5.41) is 13.1. The molecule has 2 aromatic rings. The van der Waals surface area contributed by atoms with Crippen LogP contribution in [0.15, 0.2) is 41.3 Å². The van der Waals surface area contributed by atoms with Gasteiger partial charge in [0.05, 0.1) is 18.2 Å². The molecule has 1 amide bonds. The minimum Gasteiger partial charge on any atom is -0.507 e. The molecule has 6 nitrogen and oxygen atoms in total. The normalized spacial score (nSPS) is 18.2. The number of hydrogen-bond donors (Lipinski definition) is 1. The first-order valence-electron chi connectivity index (χ1n) is 10.9. The summed E-state index contributed by atoms with van der Waals surface area (Å²) >= 11 is 1.48. The summed E-state index contributed by atoms with van der Waals surface area (Å²) in [4.78, 5) is 30.4. The number of thiophene rings is 1. The smallest absolute Gasteiger partial charge is 0.295 e. The van der Waals surface area contributed by atoms with Crippen molar-refractivity contribution in [3.05, 3.63) is 57.3 Å². The summed E-state index contributed by atoms with van der Waals surface area (Å²) in [7, 11) is 3.95. The molecule has 1 aromatic heterocycles. The number of nitrogens with zero attached hydrogens (tertiary/aromatic N) is 2. The van der Waals surface area contributed by atoms with Gasteiger partial charge in [-0.2, -0.15) is 0 Å². The van der Waals surface area contributed by atoms with Crippen molar-refractivity contribution < 1.29 is 19.4 Å². The highest BCUT2D eigenvalue weighted by Crippen LogP contribution is 2.41. The molecular weight excluding hydrogens is 424 g/mol. The molecule has 3 rings (SSSR count). The van der Waals surface area contributed by atoms with E-state index in [1.54, 1.807) is 23.1 Å². The number of likely N-dealkylation sites (tertiary alicyclic amines) is 1. The largest absolute Gasteiger partial charge is 0.507 e. The molecule has 0 bridgehead atoms. The van der Waals surface area contributed by atoms with Crippen LogP contribution in [0.5, 0.6) is 5.75 Å². The van der Waals surface area contributed by atoms with Crippen molar-refractivity contribution in [2.45, 2.75) is 33.2 Å². The van der Waals surface area contributed by atoms with Gasteiger partial charge in [0.25, 0.3) is 11.7 Å². The Labute approximate surface area is 194 Å². The average Bonchev–Trinajstić information content (AvgIpc) is 3.34. The van der Waals surface area contributed by atoms with Crippen LogP contribution in [0.1, 0.15) is 42.3 Å². The van der Waals surface area contributed by atoms with E-state index in [2.05, 4.69) is 13.8 Å². The number of benzene rings is 1. The molecule has 0 aliphatic carbocycles. The SMILES string of the molecule is Cc1cc(/C(O)=C2\C(=O)C(=O)N(CCCN(C)C)[C@@H]2c2cccs2)ccc1OCC(C)C. The molecule has 32 heavy (non-hydrogen) atoms. The second-order valence-electron chi connectivity index (χ2n) is 8.85. The second-order valence-corrected chi connectivity index (χ2v) is 9.83. The predicted molar refractivity (Wildman–Crippen MR) is 128 cm³/mol. The number of amides is 1. The lowest BCUT2D eigenvalue weighted by Crippen LogP contribution is -2.32. The quantitative estimate of drug-likeness (QED) is 0.343. The Morgan fingerprint density at radius 2 is 2.00 bits per heavy atom. The highest BCUT2D eigenvalue weighted by molar-refractivity contribution is 7.10. The van der Waals surface area contributed by atoms with Gasteiger partial charge >= 0.3 is 0 Å². The second kappa shape index (κ2) is 10.3. The van der Waals surface area contributed by atoms with Gasteiger partial charge in [0.2, 0.25) is 0 Å². The van der Waals surface area contributed by atoms with Crippen LogP contribution in [0.4, 0.5) is 0 Å². The zero-order chi connectivity index (χ0) is 23.4. The number of carbonyl (C=O) groups is 2. The van der Waals surface area contributed by atoms with E-state index in [-0.39, 0.29) is 11.3 Å². The number of aliphatic hydroxyl groups is 1. The van der Waals surface area contributed by atoms with Gasteiger partial charge in [0.1, 0.15) is 11.5 Å². The van der Waals surface area contributed by atoms with Gasteiger partial charge in [0.15, 0.2) is 0 Å². The summed E-state index contributed by atoms with van der Waals surface area (Å²) < 4.78 is 5.83. The molecule has 1 aliphatic heterocycles. The van der Waals surface area contributed by atoms with E-state index in [9.17, 15) is 14.7 Å². The van der Waals surface area contributed by atoms with Crippen LogP contribution < -0.4 is 4.74 Å². The fourth-order valence-electron chi connectivity index (χ4n) is 3.78. The molecular formula is C25H32N2O4S. The lowest BCUT2D eigenvalue weighted by atomic mass is 9.98. The van der Waals surface area contributed by atoms with E-state index in [1.807, 2.05) is 43.4 Å². The molecule has 1 atom stereocenters. The van der Waals surface area contributed by atoms with Gasteiger partial charge in [-0.15, -0.1) is 11.3 Å². The summed E-state index contributed by atoms with van der Waals surface area (Å²) in [5.74, 6) is -0.192. The fraction of sp³-hybridized carbons (Fsp3) is 0.440. The molecule has 0 unspecified atom stereocenters. The number of carbonyl (C=O) groups excluding carboxylic acids is 2. The highest BCUT2D eigenvalue weighted by Gasteiger charge is 2.46. The summed E-state index contributed by atoms with van der Waals surface area (Å²) in [6.45, 7) is 7.92. The van der Waals surface area contributed by atoms with Gasteiger partial charge < -0.3 is 19.6 Å². The zero-order valence-electron chi connectivity index (χ0n) is 19.4. The van der Waals surface area contributed by atoms with Crippen LogP contribution in [0, 0.1) is 12.8 Å². The number of hydrogen-bond acceptors (Lipinski definition) is 6. The van der Waals surface area contributed by atoms with Crippen LogP contribution in [0.25, 0.3) is 5.76 Å². The molecule has 1 aliphatic rings. The molecule has 2 heterocycles. The lowest BCUT2D eigenvalue weighted by molar-refractivity contribution is -0.139. The first-order chi connectivity index (χ1) is 15.2. The zero-order valence-corrected chi connectivity index (χ0v) is 20.2. The van der Waals surface area contributed by atoms with E-state index in [0.29, 0.717) is 24.6 Å². The Bertz CT molecular complexity index is 995. The molecule has 1 N–H and O–H groups in total. The average molecular weight is 457 g/mol. The topological polar surface area (TPSA) is 70.1 Å². The molecule has 0 saturated carbocycles. The number of ketones is 1. The van der Waals surface area contributed by atoms with E-state index in [0.717, 1.165) is 29.2 Å². The fourth-order valence-corrected chi connectivity index (χ4v) is 4.63. The number of Topliss-reactive ketones (excluding diaryl/α,β-unsaturated/α-hetero) is 1. The maximum Gasteiger partial charge on any atom is 0.295 e. The molecule has 1 aromatic carbocycles. The van der Waals surface area contributed by atoms with E-state index in [4.69, 9.17) is 4.74 Å². The highest BCUT2D eigenvalue weighted by atomic mass is 32.1. The molecule has 172 valence electrons. The van der Waals surface area contributed by atoms with Gasteiger partial charge in [-0.1, -0.05) is 19.9 Å². The Morgan fingerprint density at radius 1 is 1.25 bits per heavy atom. The van der Waals surface area contributed by atoms with Crippen LogP contribution >= 0.6 is 11.3 Å². The van der Waals surface area contributed by atoms with Crippen molar-refractivity contribution in [1.29, 1.82) is 0 Å². The Morgan fingerprint density at radius 3 is 2.59 bits per heavy atom. The summed E-state index contributed by atoms with van der Waals surface area (Å²) in [6, 6.07) is 8.57. The van der Waals surface area contributed by atoms with Gasteiger partial charge in [-0.25, -0.2) is 0 Å². The summed E-state index contributed by atoms with van der Waals surface area (Å²) in [5.41, 5.74) is 1.52. The van der Waals surface area contributed by atoms with E-state index in [1.165, 1.54) is 11.3 Å². The van der Waals surface area contributed by atoms with Crippen molar-refractivity contribution in [3.63, 3.8) is 0 Å². The molecule has 0 spiro atoms. The van der Waals surface area contributed by atoms with E-state index < -0.39 is 17.7 Å². The number of aliphatic hydroxyl groups excluding tert-OH is 1. The minimum atomic E-state index is -0.636. The standard InChI is InChI=1S/C25H32N2O4S/c1-16(2)15-31-19-10-9-18(14-17(19)3)23(28)21-22(20-8-6-13-32-20)27(25(30)24(21)29)12-7-11-26(4)5/h6,8-10,13-14,16,22,28H,7,11-12,15H2,1-5H3/b23-21+/t22-/m1/s1. The van der Waals surface area contributed by atoms with E-state index >= 15 is 0 Å². The van der Waals surface area contributed by atoms with Crippen LogP contribution in [-0.4, -0.2) is 60.4 Å². The van der Waals surface area contributed by atoms with Crippen molar-refractivity contribution in [2.75, 3.05) is 33.8 Å². The van der Waals surface area contributed by atoms with Crippen LogP contribution in [0.2, 0.25) is 0 Å². The number of aryl methyl sites for hydroxylation is 1. The Balaban J connectivity index is 1.98. The molecule has 1 fully saturated rings. The third-order valence-corrected chi connectivity index (χ3v) is 6.30. The van der Waals surface area contributed by atoms with Gasteiger partial charge in [0, 0.05) is 17.0 Å². The Kier molecular flexibility index (Phi) is 7.74.